The van der Waals surface area contributed by atoms with Crippen LogP contribution < -0.4 is 5.32 Å². The molecule has 2 rings (SSSR count). The lowest BCUT2D eigenvalue weighted by Gasteiger charge is -2.20. The van der Waals surface area contributed by atoms with Gasteiger partial charge in [0, 0.05) is 7.05 Å². The lowest BCUT2D eigenvalue weighted by Crippen LogP contribution is -2.46. The molecule has 1 aliphatic rings. The Kier molecular flexibility index (Phi) is 4.09. The summed E-state index contributed by atoms with van der Waals surface area (Å²) >= 11 is 0. The van der Waals surface area contributed by atoms with Crippen molar-refractivity contribution in [3.05, 3.63) is 24.2 Å². The van der Waals surface area contributed by atoms with Gasteiger partial charge in [0.25, 0.3) is 0 Å². The molecule has 1 fully saturated rings. The fraction of sp³-hybridized carbons (Fsp3) is 0.538. The zero-order valence-corrected chi connectivity index (χ0v) is 10.8. The maximum Gasteiger partial charge on any atom is 0.326 e. The second-order valence-corrected chi connectivity index (χ2v) is 4.95. The maximum absolute atomic E-state index is 11.9. The topological polar surface area (TPSA) is 82.8 Å². The second kappa shape index (κ2) is 5.77. The van der Waals surface area contributed by atoms with Crippen LogP contribution in [0.15, 0.2) is 22.8 Å². The number of furan rings is 1. The number of rotatable bonds is 6. The molecule has 0 aliphatic heterocycles. The molecule has 0 spiro atoms. The summed E-state index contributed by atoms with van der Waals surface area (Å²) in [6.45, 7) is 0.314. The first-order valence-corrected chi connectivity index (χ1v) is 6.33. The van der Waals surface area contributed by atoms with Gasteiger partial charge in [-0.2, -0.15) is 0 Å². The molecule has 1 aromatic rings. The van der Waals surface area contributed by atoms with Gasteiger partial charge < -0.3 is 19.7 Å². The molecule has 2 amide bonds. The molecule has 1 atom stereocenters. The van der Waals surface area contributed by atoms with Gasteiger partial charge in [0.15, 0.2) is 0 Å². The highest BCUT2D eigenvalue weighted by molar-refractivity contribution is 5.82. The third-order valence-corrected chi connectivity index (χ3v) is 3.18. The van der Waals surface area contributed by atoms with Crippen LogP contribution in [0.25, 0.3) is 0 Å². The molecule has 0 aromatic carbocycles. The summed E-state index contributed by atoms with van der Waals surface area (Å²) < 4.78 is 5.14. The van der Waals surface area contributed by atoms with E-state index in [1.54, 1.807) is 19.2 Å². The molecule has 0 radical (unpaired) electrons. The first kappa shape index (κ1) is 13.5. The third kappa shape index (κ3) is 4.01. The summed E-state index contributed by atoms with van der Waals surface area (Å²) in [5.41, 5.74) is 0. The number of carbonyl (C=O) groups is 2. The van der Waals surface area contributed by atoms with Crippen molar-refractivity contribution >= 4 is 12.0 Å². The lowest BCUT2D eigenvalue weighted by atomic mass is 10.1. The van der Waals surface area contributed by atoms with Crippen molar-refractivity contribution in [3.8, 4) is 0 Å². The van der Waals surface area contributed by atoms with Gasteiger partial charge in [-0.15, -0.1) is 0 Å². The van der Waals surface area contributed by atoms with E-state index in [0.29, 0.717) is 24.6 Å². The second-order valence-electron chi connectivity index (χ2n) is 4.95. The summed E-state index contributed by atoms with van der Waals surface area (Å²) in [6, 6.07) is 2.31. The number of amides is 2. The van der Waals surface area contributed by atoms with Crippen molar-refractivity contribution in [2.24, 2.45) is 5.92 Å². The summed E-state index contributed by atoms with van der Waals surface area (Å²) in [7, 11) is 1.61. The molecule has 6 nitrogen and oxygen atoms in total. The monoisotopic (exact) mass is 266 g/mol. The first-order chi connectivity index (χ1) is 9.06. The third-order valence-electron chi connectivity index (χ3n) is 3.18. The van der Waals surface area contributed by atoms with Crippen molar-refractivity contribution in [1.82, 2.24) is 10.2 Å². The number of nitrogens with one attached hydrogen (secondary N) is 1. The number of hydrogen-bond acceptors (Lipinski definition) is 3. The largest absolute Gasteiger partial charge is 0.480 e. The van der Waals surface area contributed by atoms with Gasteiger partial charge in [-0.1, -0.05) is 12.8 Å². The number of carboxylic acid groups (broad SMARTS) is 1. The van der Waals surface area contributed by atoms with E-state index in [0.717, 1.165) is 12.8 Å². The Bertz CT molecular complexity index is 440. The fourth-order valence-electron chi connectivity index (χ4n) is 1.88. The Morgan fingerprint density at radius 1 is 1.58 bits per heavy atom. The Balaban J connectivity index is 1.84. The van der Waals surface area contributed by atoms with Crippen LogP contribution in [0.4, 0.5) is 4.79 Å². The Labute approximate surface area is 111 Å². The lowest BCUT2D eigenvalue weighted by molar-refractivity contribution is -0.139. The summed E-state index contributed by atoms with van der Waals surface area (Å²) in [5, 5.41) is 11.6. The standard InChI is InChI=1S/C13H18N2O4/c1-15(8-10-3-2-6-19-10)13(18)14-11(12(16)17)7-9-4-5-9/h2-3,6,9,11H,4-5,7-8H2,1H3,(H,14,18)(H,16,17)/t11-/m0/s1. The molecule has 19 heavy (non-hydrogen) atoms. The summed E-state index contributed by atoms with van der Waals surface area (Å²) in [5.74, 6) is 0.121. The molecule has 0 saturated heterocycles. The SMILES string of the molecule is CN(Cc1ccco1)C(=O)N[C@@H](CC1CC1)C(=O)O. The number of urea groups is 1. The van der Waals surface area contributed by atoms with Crippen LogP contribution in [0.2, 0.25) is 0 Å². The van der Waals surface area contributed by atoms with E-state index in [-0.39, 0.29) is 0 Å². The molecule has 0 bridgehead atoms. The van der Waals surface area contributed by atoms with Crippen LogP contribution in [-0.4, -0.2) is 35.1 Å². The fourth-order valence-corrected chi connectivity index (χ4v) is 1.88. The molecular formula is C13H18N2O4. The maximum atomic E-state index is 11.9. The van der Waals surface area contributed by atoms with E-state index < -0.39 is 18.0 Å². The molecule has 104 valence electrons. The molecule has 0 unspecified atom stereocenters. The number of carbonyl (C=O) groups excluding carboxylic acids is 1. The van der Waals surface area contributed by atoms with E-state index in [2.05, 4.69) is 5.32 Å². The van der Waals surface area contributed by atoms with Crippen LogP contribution in [0, 0.1) is 5.92 Å². The molecule has 1 heterocycles. The number of nitrogens with zero attached hydrogens (tertiary/aromatic N) is 1. The average molecular weight is 266 g/mol. The van der Waals surface area contributed by atoms with Crippen molar-refractivity contribution in [3.63, 3.8) is 0 Å². The number of hydrogen-bond donors (Lipinski definition) is 2. The quantitative estimate of drug-likeness (QED) is 0.820. The normalized spacial score (nSPS) is 15.8. The average Bonchev–Trinajstić information content (AvgIpc) is 3.03. The Morgan fingerprint density at radius 3 is 2.84 bits per heavy atom. The van der Waals surface area contributed by atoms with Gasteiger partial charge in [0.2, 0.25) is 0 Å². The molecule has 1 aromatic heterocycles. The molecule has 6 heteroatoms. The minimum absolute atomic E-state index is 0.314. The van der Waals surface area contributed by atoms with Crippen LogP contribution in [0.3, 0.4) is 0 Å². The van der Waals surface area contributed by atoms with Gasteiger partial charge in [-0.05, 0) is 24.5 Å². The van der Waals surface area contributed by atoms with Gasteiger partial charge in [-0.25, -0.2) is 9.59 Å². The zero-order valence-electron chi connectivity index (χ0n) is 10.8. The van der Waals surface area contributed by atoms with Crippen LogP contribution in [0.1, 0.15) is 25.0 Å². The highest BCUT2D eigenvalue weighted by atomic mass is 16.4. The van der Waals surface area contributed by atoms with Crippen molar-refractivity contribution in [2.75, 3.05) is 7.05 Å². The van der Waals surface area contributed by atoms with Crippen LogP contribution >= 0.6 is 0 Å². The van der Waals surface area contributed by atoms with E-state index in [4.69, 9.17) is 9.52 Å². The molecule has 1 aliphatic carbocycles. The highest BCUT2D eigenvalue weighted by Crippen LogP contribution is 2.33. The Morgan fingerprint density at radius 2 is 2.32 bits per heavy atom. The predicted molar refractivity (Wildman–Crippen MR) is 67.5 cm³/mol. The number of carboxylic acids is 1. The van der Waals surface area contributed by atoms with Gasteiger partial charge >= 0.3 is 12.0 Å². The minimum atomic E-state index is -0.980. The smallest absolute Gasteiger partial charge is 0.326 e. The van der Waals surface area contributed by atoms with Crippen LogP contribution in [0.5, 0.6) is 0 Å². The van der Waals surface area contributed by atoms with E-state index in [1.165, 1.54) is 11.2 Å². The van der Waals surface area contributed by atoms with Crippen molar-refractivity contribution < 1.29 is 19.1 Å². The highest BCUT2D eigenvalue weighted by Gasteiger charge is 2.30. The number of aliphatic carboxylic acids is 1. The summed E-state index contributed by atoms with van der Waals surface area (Å²) in [6.07, 6.45) is 4.16. The van der Waals surface area contributed by atoms with Crippen LogP contribution in [-0.2, 0) is 11.3 Å². The van der Waals surface area contributed by atoms with Gasteiger partial charge in [-0.3, -0.25) is 0 Å². The molecule has 1 saturated carbocycles. The van der Waals surface area contributed by atoms with Crippen molar-refractivity contribution in [2.45, 2.75) is 31.8 Å². The Hall–Kier alpha value is -1.98. The van der Waals surface area contributed by atoms with E-state index in [9.17, 15) is 9.59 Å². The zero-order chi connectivity index (χ0) is 13.8. The predicted octanol–water partition coefficient (Wildman–Crippen LogP) is 1.67. The molecule has 2 N–H and O–H groups in total. The van der Waals surface area contributed by atoms with Crippen molar-refractivity contribution in [1.29, 1.82) is 0 Å². The molecular weight excluding hydrogens is 248 g/mol. The van der Waals surface area contributed by atoms with Gasteiger partial charge in [0.1, 0.15) is 11.8 Å². The first-order valence-electron chi connectivity index (χ1n) is 6.33. The van der Waals surface area contributed by atoms with Gasteiger partial charge in [0.05, 0.1) is 12.8 Å². The van der Waals surface area contributed by atoms with E-state index >= 15 is 0 Å². The minimum Gasteiger partial charge on any atom is -0.480 e. The summed E-state index contributed by atoms with van der Waals surface area (Å²) in [4.78, 5) is 24.4. The van der Waals surface area contributed by atoms with E-state index in [1.807, 2.05) is 0 Å².